The van der Waals surface area contributed by atoms with Crippen LogP contribution in [0.1, 0.15) is 73.3 Å². The third-order valence-electron chi connectivity index (χ3n) is 6.57. The van der Waals surface area contributed by atoms with Crippen LogP contribution in [0.15, 0.2) is 30.3 Å². The van der Waals surface area contributed by atoms with Crippen molar-refractivity contribution in [2.24, 2.45) is 0 Å². The molecule has 1 aliphatic heterocycles. The Morgan fingerprint density at radius 2 is 1.97 bits per heavy atom. The van der Waals surface area contributed by atoms with E-state index in [9.17, 15) is 14.4 Å². The molecule has 1 aromatic carbocycles. The minimum Gasteiger partial charge on any atom is -0.351 e. The lowest BCUT2D eigenvalue weighted by molar-refractivity contribution is -0.133. The Kier molecular flexibility index (Phi) is 6.74. The van der Waals surface area contributed by atoms with Gasteiger partial charge >= 0.3 is 0 Å². The number of carbonyl (C=O) groups is 3. The summed E-state index contributed by atoms with van der Waals surface area (Å²) in [6.45, 7) is 4.50. The number of nitrogens with zero attached hydrogens (tertiary/aromatic N) is 3. The zero-order valence-electron chi connectivity index (χ0n) is 19.1. The molecule has 2 heterocycles. The molecule has 1 aromatic heterocycles. The van der Waals surface area contributed by atoms with Crippen LogP contribution < -0.4 is 10.6 Å². The lowest BCUT2D eigenvalue weighted by atomic mass is 9.94. The van der Waals surface area contributed by atoms with Gasteiger partial charge in [-0.2, -0.15) is 5.10 Å². The maximum Gasteiger partial charge on any atom is 0.276 e. The summed E-state index contributed by atoms with van der Waals surface area (Å²) in [5, 5.41) is 10.7. The molecule has 0 unspecified atom stereocenters. The molecule has 2 N–H and O–H groups in total. The number of anilines is 1. The van der Waals surface area contributed by atoms with Crippen LogP contribution in [-0.4, -0.2) is 50.5 Å². The Bertz CT molecular complexity index is 1060. The molecular formula is C24H30ClN5O3. The van der Waals surface area contributed by atoms with Gasteiger partial charge < -0.3 is 15.5 Å². The molecule has 8 nitrogen and oxygen atoms in total. The first-order chi connectivity index (χ1) is 15.8. The van der Waals surface area contributed by atoms with Crippen molar-refractivity contribution in [2.45, 2.75) is 70.5 Å². The Hall–Kier alpha value is -2.87. The minimum absolute atomic E-state index is 0.106. The van der Waals surface area contributed by atoms with Crippen molar-refractivity contribution < 1.29 is 14.4 Å². The third kappa shape index (κ3) is 4.62. The van der Waals surface area contributed by atoms with Crippen LogP contribution in [0.2, 0.25) is 5.02 Å². The second kappa shape index (κ2) is 9.55. The molecule has 0 radical (unpaired) electrons. The second-order valence-corrected chi connectivity index (χ2v) is 9.45. The first kappa shape index (κ1) is 23.3. The predicted octanol–water partition coefficient (Wildman–Crippen LogP) is 3.86. The molecule has 2 aliphatic rings. The summed E-state index contributed by atoms with van der Waals surface area (Å²) < 4.78 is 1.49. The lowest BCUT2D eigenvalue weighted by Gasteiger charge is -2.43. The molecule has 176 valence electrons. The third-order valence-corrected chi connectivity index (χ3v) is 6.90. The van der Waals surface area contributed by atoms with E-state index in [-0.39, 0.29) is 30.1 Å². The summed E-state index contributed by atoms with van der Waals surface area (Å²) >= 11 is 6.14. The number of amides is 3. The summed E-state index contributed by atoms with van der Waals surface area (Å²) in [7, 11) is 0. The van der Waals surface area contributed by atoms with Crippen LogP contribution >= 0.6 is 11.6 Å². The van der Waals surface area contributed by atoms with Crippen LogP contribution in [0.5, 0.6) is 0 Å². The summed E-state index contributed by atoms with van der Waals surface area (Å²) in [6.07, 6.45) is 5.82. The number of aromatic nitrogens is 2. The van der Waals surface area contributed by atoms with Crippen LogP contribution in [0.3, 0.4) is 0 Å². The highest BCUT2D eigenvalue weighted by Crippen LogP contribution is 2.30. The standard InChI is InChI=1S/C24H30ClN5O3/c1-3-4-13-29-22(32)20-14-19(21(31)27-18-12-8-7-11-17(18)25)28-30(20)15-24(29,2)23(33)26-16-9-5-6-10-16/h7-8,11-12,14,16H,3-6,9-10,13,15H2,1-2H3,(H,26,33)(H,27,31)/t24-/m0/s1. The minimum atomic E-state index is -1.08. The van der Waals surface area contributed by atoms with Crippen LogP contribution in [0, 0.1) is 0 Å². The summed E-state index contributed by atoms with van der Waals surface area (Å²) in [6, 6.07) is 8.55. The molecule has 4 rings (SSSR count). The van der Waals surface area contributed by atoms with Gasteiger partial charge in [0.15, 0.2) is 5.69 Å². The maximum absolute atomic E-state index is 13.5. The van der Waals surface area contributed by atoms with Gasteiger partial charge in [-0.05, 0) is 38.3 Å². The number of fused-ring (bicyclic) bond motifs is 1. The number of benzene rings is 1. The van der Waals surface area contributed by atoms with Crippen molar-refractivity contribution in [1.29, 1.82) is 0 Å². The fourth-order valence-corrected chi connectivity index (χ4v) is 4.76. The average molecular weight is 472 g/mol. The predicted molar refractivity (Wildman–Crippen MR) is 126 cm³/mol. The van der Waals surface area contributed by atoms with E-state index >= 15 is 0 Å². The molecule has 0 bridgehead atoms. The molecule has 3 amide bonds. The highest BCUT2D eigenvalue weighted by atomic mass is 35.5. The van der Waals surface area contributed by atoms with E-state index < -0.39 is 11.4 Å². The van der Waals surface area contributed by atoms with Crippen molar-refractivity contribution in [3.8, 4) is 0 Å². The fraction of sp³-hybridized carbons (Fsp3) is 0.500. The number of nitrogens with one attached hydrogen (secondary N) is 2. The van der Waals surface area contributed by atoms with Crippen molar-refractivity contribution in [2.75, 3.05) is 11.9 Å². The molecule has 0 spiro atoms. The number of unbranched alkanes of at least 4 members (excludes halogenated alkanes) is 1. The Morgan fingerprint density at radius 3 is 2.67 bits per heavy atom. The van der Waals surface area contributed by atoms with E-state index in [1.807, 2.05) is 6.92 Å². The van der Waals surface area contributed by atoms with Gasteiger partial charge in [0, 0.05) is 18.7 Å². The highest BCUT2D eigenvalue weighted by Gasteiger charge is 2.48. The van der Waals surface area contributed by atoms with E-state index in [1.54, 1.807) is 36.1 Å². The van der Waals surface area contributed by atoms with Gasteiger partial charge in [-0.1, -0.05) is 49.9 Å². The number of hydrogen-bond donors (Lipinski definition) is 2. The molecule has 1 fully saturated rings. The monoisotopic (exact) mass is 471 g/mol. The maximum atomic E-state index is 13.5. The number of hydrogen-bond acceptors (Lipinski definition) is 4. The van der Waals surface area contributed by atoms with Gasteiger partial charge in [-0.3, -0.25) is 19.1 Å². The first-order valence-corrected chi connectivity index (χ1v) is 12.0. The van der Waals surface area contributed by atoms with Crippen molar-refractivity contribution in [1.82, 2.24) is 20.0 Å². The van der Waals surface area contributed by atoms with E-state index in [0.29, 0.717) is 22.9 Å². The zero-order valence-corrected chi connectivity index (χ0v) is 19.8. The second-order valence-electron chi connectivity index (χ2n) is 9.05. The SMILES string of the molecule is CCCCN1C(=O)c2cc(C(=O)Nc3ccccc3Cl)nn2C[C@@]1(C)C(=O)NC1CCCC1. The van der Waals surface area contributed by atoms with Gasteiger partial charge in [-0.15, -0.1) is 0 Å². The van der Waals surface area contributed by atoms with Gasteiger partial charge in [-0.25, -0.2) is 0 Å². The normalized spacial score (nSPS) is 20.6. The van der Waals surface area contributed by atoms with Gasteiger partial charge in [0.1, 0.15) is 11.2 Å². The fourth-order valence-electron chi connectivity index (χ4n) is 4.58. The number of para-hydroxylation sites is 1. The molecule has 1 atom stereocenters. The smallest absolute Gasteiger partial charge is 0.276 e. The number of halogens is 1. The van der Waals surface area contributed by atoms with E-state index in [4.69, 9.17) is 11.6 Å². The highest BCUT2D eigenvalue weighted by molar-refractivity contribution is 6.33. The summed E-state index contributed by atoms with van der Waals surface area (Å²) in [5.41, 5.74) is -0.202. The molecule has 1 aliphatic carbocycles. The van der Waals surface area contributed by atoms with E-state index in [1.165, 1.54) is 10.7 Å². The molecule has 0 saturated heterocycles. The summed E-state index contributed by atoms with van der Waals surface area (Å²) in [5.74, 6) is -0.917. The first-order valence-electron chi connectivity index (χ1n) is 11.6. The number of rotatable bonds is 7. The largest absolute Gasteiger partial charge is 0.351 e. The number of carbonyl (C=O) groups excluding carboxylic acids is 3. The van der Waals surface area contributed by atoms with Gasteiger partial charge in [0.05, 0.1) is 17.3 Å². The Labute approximate surface area is 198 Å². The average Bonchev–Trinajstić information content (AvgIpc) is 3.45. The van der Waals surface area contributed by atoms with Gasteiger partial charge in [0.2, 0.25) is 5.91 Å². The molecule has 33 heavy (non-hydrogen) atoms. The van der Waals surface area contributed by atoms with Crippen molar-refractivity contribution >= 4 is 35.0 Å². The summed E-state index contributed by atoms with van der Waals surface area (Å²) in [4.78, 5) is 41.3. The Balaban J connectivity index is 1.61. The van der Waals surface area contributed by atoms with Crippen molar-refractivity contribution in [3.05, 3.63) is 46.7 Å². The van der Waals surface area contributed by atoms with E-state index in [2.05, 4.69) is 15.7 Å². The van der Waals surface area contributed by atoms with Crippen molar-refractivity contribution in [3.63, 3.8) is 0 Å². The molecule has 9 heteroatoms. The zero-order chi connectivity index (χ0) is 23.6. The van der Waals surface area contributed by atoms with Crippen LogP contribution in [0.25, 0.3) is 0 Å². The molecule has 1 saturated carbocycles. The lowest BCUT2D eigenvalue weighted by Crippen LogP contribution is -2.65. The molecule has 2 aromatic rings. The van der Waals surface area contributed by atoms with Crippen LogP contribution in [0.4, 0.5) is 5.69 Å². The van der Waals surface area contributed by atoms with E-state index in [0.717, 1.165) is 38.5 Å². The quantitative estimate of drug-likeness (QED) is 0.640. The van der Waals surface area contributed by atoms with Crippen LogP contribution in [-0.2, 0) is 11.3 Å². The van der Waals surface area contributed by atoms with Gasteiger partial charge in [0.25, 0.3) is 11.8 Å². The Morgan fingerprint density at radius 1 is 1.24 bits per heavy atom. The molecular weight excluding hydrogens is 442 g/mol. The topological polar surface area (TPSA) is 96.3 Å².